The molecule has 0 aliphatic heterocycles. The molecule has 0 amide bonds. The molecule has 0 spiro atoms. The Hall–Kier alpha value is -2.14. The quantitative estimate of drug-likeness (QED) is 0.718. The van der Waals surface area contributed by atoms with Gasteiger partial charge in [-0.25, -0.2) is 13.4 Å². The van der Waals surface area contributed by atoms with Crippen LogP contribution in [0.1, 0.15) is 19.7 Å². The third-order valence-electron chi connectivity index (χ3n) is 3.70. The lowest BCUT2D eigenvalue weighted by atomic mass is 10.2. The monoisotopic (exact) mass is 328 g/mol. The molecule has 120 valence electrons. The molecule has 23 heavy (non-hydrogen) atoms. The van der Waals surface area contributed by atoms with Crippen LogP contribution in [-0.2, 0) is 22.1 Å². The van der Waals surface area contributed by atoms with Crippen LogP contribution in [0.3, 0.4) is 0 Å². The molecular formula is C18H20N2O2S. The van der Waals surface area contributed by atoms with Crippen LogP contribution in [0.4, 0.5) is 0 Å². The summed E-state index contributed by atoms with van der Waals surface area (Å²) in [5.74, 6) is 0.924. The molecule has 0 N–H and O–H groups in total. The Morgan fingerprint density at radius 3 is 2.35 bits per heavy atom. The summed E-state index contributed by atoms with van der Waals surface area (Å²) in [6.07, 6.45) is 0. The zero-order chi connectivity index (χ0) is 16.4. The van der Waals surface area contributed by atoms with E-state index in [1.54, 1.807) is 24.3 Å². The van der Waals surface area contributed by atoms with Crippen molar-refractivity contribution in [1.29, 1.82) is 0 Å². The molecule has 1 heterocycles. The van der Waals surface area contributed by atoms with Crippen LogP contribution in [0.5, 0.6) is 0 Å². The van der Waals surface area contributed by atoms with Gasteiger partial charge in [0.05, 0.1) is 15.9 Å². The van der Waals surface area contributed by atoms with Crippen molar-refractivity contribution in [1.82, 2.24) is 9.55 Å². The second kappa shape index (κ2) is 6.16. The lowest BCUT2D eigenvalue weighted by Crippen LogP contribution is -2.13. The zero-order valence-corrected chi connectivity index (χ0v) is 14.1. The highest BCUT2D eigenvalue weighted by molar-refractivity contribution is 7.90. The van der Waals surface area contributed by atoms with Gasteiger partial charge in [0.2, 0.25) is 0 Å². The van der Waals surface area contributed by atoms with Crippen LogP contribution in [-0.4, -0.2) is 18.0 Å². The first kappa shape index (κ1) is 15.7. The number of aromatic nitrogens is 2. The van der Waals surface area contributed by atoms with E-state index in [4.69, 9.17) is 0 Å². The predicted octanol–water partition coefficient (Wildman–Crippen LogP) is 3.67. The van der Waals surface area contributed by atoms with Gasteiger partial charge in [-0.2, -0.15) is 0 Å². The van der Waals surface area contributed by atoms with Gasteiger partial charge < -0.3 is 4.57 Å². The minimum atomic E-state index is -3.40. The number of fused-ring (bicyclic) bond motifs is 1. The molecule has 0 aliphatic carbocycles. The van der Waals surface area contributed by atoms with Crippen molar-refractivity contribution in [3.8, 4) is 0 Å². The molecule has 0 unspecified atom stereocenters. The van der Waals surface area contributed by atoms with Crippen molar-refractivity contribution in [2.75, 3.05) is 0 Å². The maximum atomic E-state index is 12.7. The summed E-state index contributed by atoms with van der Waals surface area (Å²) in [7, 11) is -3.40. The topological polar surface area (TPSA) is 52.0 Å². The molecule has 0 aliphatic rings. The lowest BCUT2D eigenvalue weighted by molar-refractivity contribution is 0.520. The maximum absolute atomic E-state index is 12.7. The largest absolute Gasteiger partial charge is 0.327 e. The third-order valence-corrected chi connectivity index (χ3v) is 5.33. The van der Waals surface area contributed by atoms with Gasteiger partial charge >= 0.3 is 0 Å². The summed E-state index contributed by atoms with van der Waals surface area (Å²) in [6.45, 7) is 4.98. The zero-order valence-electron chi connectivity index (χ0n) is 13.3. The van der Waals surface area contributed by atoms with Crippen molar-refractivity contribution < 1.29 is 8.42 Å². The minimum absolute atomic E-state index is 0.0849. The molecule has 1 aromatic heterocycles. The van der Waals surface area contributed by atoms with Crippen LogP contribution in [0.2, 0.25) is 0 Å². The standard InChI is InChI=1S/C18H20N2O2S/c1-14(2)12-20-17-11-7-6-10-16(17)19-18(20)13-23(21,22)15-8-4-3-5-9-15/h3-11,14H,12-13H2,1-2H3. The SMILES string of the molecule is CC(C)Cn1c(CS(=O)(=O)c2ccccc2)nc2ccccc21. The highest BCUT2D eigenvalue weighted by Crippen LogP contribution is 2.22. The Morgan fingerprint density at radius 2 is 1.65 bits per heavy atom. The summed E-state index contributed by atoms with van der Waals surface area (Å²) >= 11 is 0. The van der Waals surface area contributed by atoms with Crippen LogP contribution in [0, 0.1) is 5.92 Å². The average Bonchev–Trinajstić information content (AvgIpc) is 2.85. The maximum Gasteiger partial charge on any atom is 0.185 e. The first-order valence-corrected chi connectivity index (χ1v) is 9.34. The molecule has 2 aromatic carbocycles. The van der Waals surface area contributed by atoms with Crippen LogP contribution >= 0.6 is 0 Å². The fraction of sp³-hybridized carbons (Fsp3) is 0.278. The Balaban J connectivity index is 2.06. The van der Waals surface area contributed by atoms with Crippen LogP contribution < -0.4 is 0 Å². The van der Waals surface area contributed by atoms with E-state index in [1.807, 2.05) is 34.9 Å². The molecule has 0 saturated heterocycles. The Morgan fingerprint density at radius 1 is 1.00 bits per heavy atom. The third kappa shape index (κ3) is 3.29. The second-order valence-electron chi connectivity index (χ2n) is 6.09. The van der Waals surface area contributed by atoms with Crippen molar-refractivity contribution >= 4 is 20.9 Å². The fourth-order valence-electron chi connectivity index (χ4n) is 2.69. The van der Waals surface area contributed by atoms with Gasteiger partial charge in [0.25, 0.3) is 0 Å². The number of imidazole rings is 1. The Bertz CT molecular complexity index is 913. The van der Waals surface area contributed by atoms with Gasteiger partial charge in [-0.15, -0.1) is 0 Å². The van der Waals surface area contributed by atoms with Crippen molar-refractivity contribution in [3.63, 3.8) is 0 Å². The predicted molar refractivity (Wildman–Crippen MR) is 91.9 cm³/mol. The van der Waals surface area contributed by atoms with Gasteiger partial charge in [0, 0.05) is 6.54 Å². The fourth-order valence-corrected chi connectivity index (χ4v) is 3.98. The van der Waals surface area contributed by atoms with Crippen molar-refractivity contribution in [2.24, 2.45) is 5.92 Å². The smallest absolute Gasteiger partial charge is 0.185 e. The summed E-state index contributed by atoms with van der Waals surface area (Å²) < 4.78 is 27.4. The van der Waals surface area contributed by atoms with Gasteiger partial charge in [0.1, 0.15) is 11.6 Å². The molecule has 0 saturated carbocycles. The second-order valence-corrected chi connectivity index (χ2v) is 8.08. The lowest BCUT2D eigenvalue weighted by Gasteiger charge is -2.12. The first-order valence-electron chi connectivity index (χ1n) is 7.69. The van der Waals surface area contributed by atoms with E-state index < -0.39 is 9.84 Å². The van der Waals surface area contributed by atoms with Gasteiger partial charge in [0.15, 0.2) is 9.84 Å². The summed E-state index contributed by atoms with van der Waals surface area (Å²) in [4.78, 5) is 4.90. The number of nitrogens with zero attached hydrogens (tertiary/aromatic N) is 2. The van der Waals surface area contributed by atoms with E-state index in [1.165, 1.54) is 0 Å². The Kier molecular flexibility index (Phi) is 4.22. The van der Waals surface area contributed by atoms with E-state index >= 15 is 0 Å². The van der Waals surface area contributed by atoms with E-state index in [0.29, 0.717) is 16.6 Å². The van der Waals surface area contributed by atoms with Gasteiger partial charge in [-0.05, 0) is 30.2 Å². The highest BCUT2D eigenvalue weighted by Gasteiger charge is 2.20. The highest BCUT2D eigenvalue weighted by atomic mass is 32.2. The number of hydrogen-bond donors (Lipinski definition) is 0. The normalized spacial score (nSPS) is 12.1. The molecular weight excluding hydrogens is 308 g/mol. The number of rotatable bonds is 5. The minimum Gasteiger partial charge on any atom is -0.327 e. The van der Waals surface area contributed by atoms with Gasteiger partial charge in [-0.3, -0.25) is 0 Å². The van der Waals surface area contributed by atoms with E-state index in [-0.39, 0.29) is 5.75 Å². The number of sulfone groups is 1. The van der Waals surface area contributed by atoms with Gasteiger partial charge in [-0.1, -0.05) is 44.2 Å². The van der Waals surface area contributed by atoms with E-state index in [9.17, 15) is 8.42 Å². The van der Waals surface area contributed by atoms with Crippen LogP contribution in [0.25, 0.3) is 11.0 Å². The first-order chi connectivity index (χ1) is 11.0. The van der Waals surface area contributed by atoms with E-state index in [2.05, 4.69) is 18.8 Å². The van der Waals surface area contributed by atoms with Crippen molar-refractivity contribution in [3.05, 3.63) is 60.4 Å². The molecule has 0 atom stereocenters. The van der Waals surface area contributed by atoms with Crippen LogP contribution in [0.15, 0.2) is 59.5 Å². The summed E-state index contributed by atoms with van der Waals surface area (Å²) in [5, 5.41) is 0. The molecule has 0 bridgehead atoms. The Labute approximate surface area is 136 Å². The molecule has 3 aromatic rings. The molecule has 0 radical (unpaired) electrons. The average molecular weight is 328 g/mol. The molecule has 4 nitrogen and oxygen atoms in total. The number of hydrogen-bond acceptors (Lipinski definition) is 3. The molecule has 5 heteroatoms. The number of para-hydroxylation sites is 2. The molecule has 3 rings (SSSR count). The van der Waals surface area contributed by atoms with Crippen molar-refractivity contribution in [2.45, 2.75) is 31.0 Å². The molecule has 0 fully saturated rings. The number of benzene rings is 2. The van der Waals surface area contributed by atoms with E-state index in [0.717, 1.165) is 17.6 Å². The summed E-state index contributed by atoms with van der Waals surface area (Å²) in [6, 6.07) is 16.3. The summed E-state index contributed by atoms with van der Waals surface area (Å²) in [5.41, 5.74) is 1.82.